The molecule has 1 N–H and O–H groups in total. The van der Waals surface area contributed by atoms with E-state index < -0.39 is 26.6 Å². The first-order valence-corrected chi connectivity index (χ1v) is 14.0. The highest BCUT2D eigenvalue weighted by atomic mass is 32.2. The molecule has 8 nitrogen and oxygen atoms in total. The maximum atomic E-state index is 13.3. The van der Waals surface area contributed by atoms with Crippen LogP contribution in [0.25, 0.3) is 11.3 Å². The number of carbonyl (C=O) groups is 2. The lowest BCUT2D eigenvalue weighted by Gasteiger charge is -2.16. The van der Waals surface area contributed by atoms with Gasteiger partial charge in [0.2, 0.25) is 5.88 Å². The Hall–Kier alpha value is -4.24. The van der Waals surface area contributed by atoms with Crippen molar-refractivity contribution in [1.29, 1.82) is 0 Å². The first-order chi connectivity index (χ1) is 18.6. The third kappa shape index (κ3) is 6.43. The van der Waals surface area contributed by atoms with Crippen LogP contribution < -0.4 is 14.2 Å². The summed E-state index contributed by atoms with van der Waals surface area (Å²) in [6.07, 6.45) is 5.02. The van der Waals surface area contributed by atoms with Crippen molar-refractivity contribution in [2.24, 2.45) is 0 Å². The number of hydrogen-bond donors (Lipinski definition) is 1. The van der Waals surface area contributed by atoms with E-state index in [2.05, 4.69) is 4.98 Å². The van der Waals surface area contributed by atoms with Crippen molar-refractivity contribution in [2.75, 3.05) is 6.61 Å². The quantitative estimate of drug-likeness (QED) is 0.365. The summed E-state index contributed by atoms with van der Waals surface area (Å²) >= 11 is 0. The van der Waals surface area contributed by atoms with Crippen LogP contribution in [0, 0.1) is 20.8 Å². The second-order valence-corrected chi connectivity index (χ2v) is 10.9. The van der Waals surface area contributed by atoms with E-state index in [0.717, 1.165) is 34.4 Å². The molecule has 0 saturated carbocycles. The number of aryl methyl sites for hydroxylation is 3. The fraction of sp³-hybridized carbons (Fsp3) is 0.233. The number of allylic oxidation sites excluding steroid dienone is 4. The third-order valence-electron chi connectivity index (χ3n) is 6.01. The van der Waals surface area contributed by atoms with Gasteiger partial charge in [0, 0.05) is 12.0 Å². The lowest BCUT2D eigenvalue weighted by molar-refractivity contribution is -0.114. The summed E-state index contributed by atoms with van der Waals surface area (Å²) in [5.74, 6) is -0.380. The zero-order chi connectivity index (χ0) is 28.2. The minimum atomic E-state index is -4.40. The van der Waals surface area contributed by atoms with Crippen LogP contribution in [0.15, 0.2) is 71.7 Å². The first-order valence-electron chi connectivity index (χ1n) is 12.6. The number of carbonyl (C=O) groups excluding carboxylic acids is 2. The molecular formula is C30H30N2O6S. The van der Waals surface area contributed by atoms with Crippen LogP contribution >= 0.6 is 0 Å². The Balaban J connectivity index is 1.73. The van der Waals surface area contributed by atoms with Crippen molar-refractivity contribution in [3.05, 3.63) is 93.9 Å². The minimum Gasteiger partial charge on any atom is -0.494 e. The van der Waals surface area contributed by atoms with Gasteiger partial charge < -0.3 is 9.47 Å². The summed E-state index contributed by atoms with van der Waals surface area (Å²) in [6.45, 7) is 8.37. The number of rotatable bonds is 9. The Morgan fingerprint density at radius 1 is 1.03 bits per heavy atom. The molecular weight excluding hydrogens is 516 g/mol. The topological polar surface area (TPSA) is 112 Å². The molecule has 0 aliphatic heterocycles. The average molecular weight is 547 g/mol. The smallest absolute Gasteiger partial charge is 0.270 e. The zero-order valence-electron chi connectivity index (χ0n) is 22.3. The number of Topliss-reactive ketones (excluding diaryl/α,β-unsaturated/α-hetero) is 1. The second-order valence-electron chi connectivity index (χ2n) is 9.27. The highest BCUT2D eigenvalue weighted by Gasteiger charge is 2.29. The molecule has 0 radical (unpaired) electrons. The van der Waals surface area contributed by atoms with Crippen molar-refractivity contribution in [2.45, 2.75) is 40.5 Å². The Morgan fingerprint density at radius 2 is 1.72 bits per heavy atom. The van der Waals surface area contributed by atoms with Gasteiger partial charge in [0.1, 0.15) is 22.0 Å². The minimum absolute atomic E-state index is 0.0558. The average Bonchev–Trinajstić information content (AvgIpc) is 2.89. The zero-order valence-corrected chi connectivity index (χ0v) is 23.1. The summed E-state index contributed by atoms with van der Waals surface area (Å²) < 4.78 is 39.6. The van der Waals surface area contributed by atoms with E-state index >= 15 is 0 Å². The second kappa shape index (κ2) is 11.7. The molecule has 1 aliphatic rings. The molecule has 1 amide bonds. The molecule has 1 aliphatic carbocycles. The Morgan fingerprint density at radius 3 is 2.36 bits per heavy atom. The molecule has 0 saturated heterocycles. The van der Waals surface area contributed by atoms with Crippen LogP contribution in [-0.2, 0) is 14.8 Å². The normalized spacial score (nSPS) is 13.1. The van der Waals surface area contributed by atoms with Crippen LogP contribution in [0.1, 0.15) is 46.8 Å². The SMILES string of the molecule is CCCOc1ccc(-c2ccc(C(=O)NS(=O)(=O)C3=CC=CCC3=O)c(Oc3c(C)cc(C)cc3C)n2)cc1. The molecule has 202 valence electrons. The monoisotopic (exact) mass is 546 g/mol. The lowest BCUT2D eigenvalue weighted by atomic mass is 10.1. The van der Waals surface area contributed by atoms with Crippen molar-refractivity contribution < 1.29 is 27.5 Å². The third-order valence-corrected chi connectivity index (χ3v) is 7.41. The maximum Gasteiger partial charge on any atom is 0.270 e. The van der Waals surface area contributed by atoms with Crippen molar-refractivity contribution in [3.8, 4) is 28.6 Å². The number of benzene rings is 2. The predicted molar refractivity (Wildman–Crippen MR) is 149 cm³/mol. The van der Waals surface area contributed by atoms with Gasteiger partial charge in [-0.2, -0.15) is 0 Å². The summed E-state index contributed by atoms with van der Waals surface area (Å²) in [5.41, 5.74) is 3.90. The lowest BCUT2D eigenvalue weighted by Crippen LogP contribution is -2.34. The molecule has 3 aromatic rings. The fourth-order valence-corrected chi connectivity index (χ4v) is 5.32. The number of pyridine rings is 1. The standard InChI is InChI=1S/C30H30N2O6S/c1-5-16-37-23-12-10-22(11-13-23)25-15-14-24(29(34)32-39(35,36)27-9-7-6-8-26(27)33)30(31-25)38-28-20(3)17-19(2)18-21(28)4/h6-7,9-15,17-18H,5,8,16H2,1-4H3,(H,32,34). The number of nitrogens with one attached hydrogen (secondary N) is 1. The Bertz CT molecular complexity index is 1570. The van der Waals surface area contributed by atoms with Crippen molar-refractivity contribution in [3.63, 3.8) is 0 Å². The van der Waals surface area contributed by atoms with E-state index in [0.29, 0.717) is 18.1 Å². The highest BCUT2D eigenvalue weighted by Crippen LogP contribution is 2.33. The van der Waals surface area contributed by atoms with E-state index in [1.807, 2.05) is 68.8 Å². The number of hydrogen-bond acceptors (Lipinski definition) is 7. The van der Waals surface area contributed by atoms with Gasteiger partial charge in [-0.3, -0.25) is 9.59 Å². The number of nitrogens with zero attached hydrogens (tertiary/aromatic N) is 1. The molecule has 39 heavy (non-hydrogen) atoms. The molecule has 2 aromatic carbocycles. The van der Waals surface area contributed by atoms with Crippen LogP contribution in [-0.4, -0.2) is 31.7 Å². The molecule has 0 fully saturated rings. The molecule has 0 spiro atoms. The van der Waals surface area contributed by atoms with E-state index in [9.17, 15) is 18.0 Å². The van der Waals surface area contributed by atoms with Crippen LogP contribution in [0.3, 0.4) is 0 Å². The predicted octanol–water partition coefficient (Wildman–Crippen LogP) is 5.73. The van der Waals surface area contributed by atoms with Crippen LogP contribution in [0.2, 0.25) is 0 Å². The van der Waals surface area contributed by atoms with Gasteiger partial charge in [-0.25, -0.2) is 18.1 Å². The number of sulfonamides is 1. The van der Waals surface area contributed by atoms with Crippen molar-refractivity contribution in [1.82, 2.24) is 9.71 Å². The summed E-state index contributed by atoms with van der Waals surface area (Å²) in [7, 11) is -4.40. The van der Waals surface area contributed by atoms with Gasteiger partial charge in [0.05, 0.1) is 12.3 Å². The van der Waals surface area contributed by atoms with E-state index in [1.54, 1.807) is 12.1 Å². The number of aromatic nitrogens is 1. The van der Waals surface area contributed by atoms with E-state index in [-0.39, 0.29) is 17.9 Å². The molecule has 0 unspecified atom stereocenters. The van der Waals surface area contributed by atoms with Crippen molar-refractivity contribution >= 4 is 21.7 Å². The van der Waals surface area contributed by atoms with Gasteiger partial charge in [-0.05, 0) is 80.8 Å². The fourth-order valence-electron chi connectivity index (χ4n) is 4.21. The van der Waals surface area contributed by atoms with E-state index in [4.69, 9.17) is 9.47 Å². The number of amides is 1. The Labute approximate surface area is 228 Å². The molecule has 4 rings (SSSR count). The van der Waals surface area contributed by atoms with Crippen LogP contribution in [0.5, 0.6) is 17.4 Å². The summed E-state index contributed by atoms with van der Waals surface area (Å²) in [6, 6.07) is 14.3. The first kappa shape index (κ1) is 27.8. The number of ketones is 1. The molecule has 1 heterocycles. The highest BCUT2D eigenvalue weighted by molar-refractivity contribution is 7.95. The Kier molecular flexibility index (Phi) is 8.30. The maximum absolute atomic E-state index is 13.3. The summed E-state index contributed by atoms with van der Waals surface area (Å²) in [5, 5.41) is 0. The molecule has 0 atom stereocenters. The van der Waals surface area contributed by atoms with E-state index in [1.165, 1.54) is 18.2 Å². The largest absolute Gasteiger partial charge is 0.494 e. The number of ether oxygens (including phenoxy) is 2. The van der Waals surface area contributed by atoms with Gasteiger partial charge in [-0.1, -0.05) is 36.8 Å². The van der Waals surface area contributed by atoms with Gasteiger partial charge >= 0.3 is 0 Å². The van der Waals surface area contributed by atoms with Gasteiger partial charge in [0.25, 0.3) is 15.9 Å². The molecule has 0 bridgehead atoms. The summed E-state index contributed by atoms with van der Waals surface area (Å²) in [4.78, 5) is 29.5. The molecule has 1 aromatic heterocycles. The van der Waals surface area contributed by atoms with Crippen LogP contribution in [0.4, 0.5) is 0 Å². The molecule has 9 heteroatoms. The van der Waals surface area contributed by atoms with Gasteiger partial charge in [-0.15, -0.1) is 0 Å². The van der Waals surface area contributed by atoms with Gasteiger partial charge in [0.15, 0.2) is 5.78 Å².